The monoisotopic (exact) mass is 446 g/mol. The predicted molar refractivity (Wildman–Crippen MR) is 141 cm³/mol. The lowest BCUT2D eigenvalue weighted by Crippen LogP contribution is -2.42. The first-order valence-electron chi connectivity index (χ1n) is 13.2. The van der Waals surface area contributed by atoms with E-state index in [0.29, 0.717) is 0 Å². The second-order valence-corrected chi connectivity index (χ2v) is 10.3. The molecule has 0 aromatic heterocycles. The Morgan fingerprint density at radius 1 is 0.750 bits per heavy atom. The van der Waals surface area contributed by atoms with Gasteiger partial charge in [-0.05, 0) is 37.1 Å². The van der Waals surface area contributed by atoms with E-state index in [-0.39, 0.29) is 5.91 Å². The lowest BCUT2D eigenvalue weighted by atomic mass is 10.1. The Labute approximate surface area is 199 Å². The van der Waals surface area contributed by atoms with Crippen molar-refractivity contribution in [1.29, 1.82) is 0 Å². The number of rotatable bonds is 19. The number of carbonyl (C=O) groups excluding carboxylic acids is 1. The summed E-state index contributed by atoms with van der Waals surface area (Å²) in [7, 11) is 8.65. The maximum atomic E-state index is 12.3. The van der Waals surface area contributed by atoms with Crippen LogP contribution in [0.1, 0.15) is 101 Å². The third-order valence-corrected chi connectivity index (χ3v) is 6.49. The number of nitrogens with zero attached hydrogens (tertiary/aromatic N) is 2. The van der Waals surface area contributed by atoms with E-state index >= 15 is 0 Å². The molecular formula is C28H52N3O+. The number of amides is 1. The summed E-state index contributed by atoms with van der Waals surface area (Å²) < 4.78 is 1.05. The minimum atomic E-state index is 0.0292. The fourth-order valence-corrected chi connectivity index (χ4v) is 4.21. The molecule has 1 aromatic rings. The minimum absolute atomic E-state index is 0.0292. The highest BCUT2D eigenvalue weighted by Gasteiger charge is 2.14. The Kier molecular flexibility index (Phi) is 15.1. The maximum Gasteiger partial charge on any atom is 0.251 e. The first kappa shape index (κ1) is 28.5. The predicted octanol–water partition coefficient (Wildman–Crippen LogP) is 6.65. The van der Waals surface area contributed by atoms with Crippen LogP contribution in [0.15, 0.2) is 24.3 Å². The summed E-state index contributed by atoms with van der Waals surface area (Å²) in [5, 5.41) is 3.07. The van der Waals surface area contributed by atoms with E-state index in [1.54, 1.807) is 0 Å². The zero-order chi connectivity index (χ0) is 23.7. The van der Waals surface area contributed by atoms with Gasteiger partial charge in [0.2, 0.25) is 0 Å². The lowest BCUT2D eigenvalue weighted by Gasteiger charge is -2.30. The Morgan fingerprint density at radius 2 is 1.22 bits per heavy atom. The van der Waals surface area contributed by atoms with Gasteiger partial charge >= 0.3 is 0 Å². The summed E-state index contributed by atoms with van der Waals surface area (Å²) in [5.41, 5.74) is 1.85. The highest BCUT2D eigenvalue weighted by molar-refractivity contribution is 5.94. The molecule has 0 saturated heterocycles. The molecule has 0 aliphatic carbocycles. The van der Waals surface area contributed by atoms with Crippen LogP contribution in [0.3, 0.4) is 0 Å². The van der Waals surface area contributed by atoms with Crippen LogP contribution in [-0.4, -0.2) is 58.2 Å². The molecule has 1 amide bonds. The molecule has 1 rings (SSSR count). The first-order valence-corrected chi connectivity index (χ1v) is 13.2. The first-order chi connectivity index (χ1) is 15.4. The molecule has 0 atom stereocenters. The molecule has 0 radical (unpaired) electrons. The smallest absolute Gasteiger partial charge is 0.251 e. The van der Waals surface area contributed by atoms with Gasteiger partial charge in [0.25, 0.3) is 5.91 Å². The van der Waals surface area contributed by atoms with Crippen molar-refractivity contribution in [3.63, 3.8) is 0 Å². The van der Waals surface area contributed by atoms with Crippen LogP contribution in [0.25, 0.3) is 0 Å². The van der Waals surface area contributed by atoms with Gasteiger partial charge in [-0.2, -0.15) is 0 Å². The summed E-state index contributed by atoms with van der Waals surface area (Å²) >= 11 is 0. The molecule has 0 fully saturated rings. The fourth-order valence-electron chi connectivity index (χ4n) is 4.21. The molecular weight excluding hydrogens is 394 g/mol. The van der Waals surface area contributed by atoms with Crippen LogP contribution >= 0.6 is 0 Å². The Bertz CT molecular complexity index is 595. The van der Waals surface area contributed by atoms with Gasteiger partial charge in [-0.3, -0.25) is 4.79 Å². The van der Waals surface area contributed by atoms with E-state index in [0.717, 1.165) is 35.2 Å². The van der Waals surface area contributed by atoms with E-state index in [9.17, 15) is 4.79 Å². The van der Waals surface area contributed by atoms with Crippen molar-refractivity contribution in [3.8, 4) is 0 Å². The van der Waals surface area contributed by atoms with E-state index in [2.05, 4.69) is 26.3 Å². The highest BCUT2D eigenvalue weighted by atomic mass is 16.1. The fraction of sp³-hybridized carbons (Fsp3) is 0.750. The van der Waals surface area contributed by atoms with Crippen LogP contribution in [0.5, 0.6) is 0 Å². The molecule has 1 aromatic carbocycles. The second kappa shape index (κ2) is 17.0. The van der Waals surface area contributed by atoms with Gasteiger partial charge in [0.05, 0.1) is 27.2 Å². The van der Waals surface area contributed by atoms with E-state index < -0.39 is 0 Å². The van der Waals surface area contributed by atoms with Crippen molar-refractivity contribution in [3.05, 3.63) is 29.8 Å². The summed E-state index contributed by atoms with van der Waals surface area (Å²) in [5.74, 6) is 0.0292. The zero-order valence-electron chi connectivity index (χ0n) is 21.9. The van der Waals surface area contributed by atoms with Crippen LogP contribution in [0, 0.1) is 0 Å². The van der Waals surface area contributed by atoms with Crippen LogP contribution < -0.4 is 10.2 Å². The molecule has 4 nitrogen and oxygen atoms in total. The Balaban J connectivity index is 2.02. The van der Waals surface area contributed by atoms with E-state index in [4.69, 9.17) is 0 Å². The summed E-state index contributed by atoms with van der Waals surface area (Å²) in [6, 6.07) is 7.78. The van der Waals surface area contributed by atoms with Crippen molar-refractivity contribution in [2.45, 2.75) is 90.4 Å². The van der Waals surface area contributed by atoms with Gasteiger partial charge in [0, 0.05) is 38.3 Å². The quantitative estimate of drug-likeness (QED) is 0.191. The zero-order valence-corrected chi connectivity index (χ0v) is 21.9. The summed E-state index contributed by atoms with van der Waals surface area (Å²) in [6.07, 6.45) is 17.8. The number of nitrogens with one attached hydrogen (secondary N) is 1. The van der Waals surface area contributed by atoms with Crippen molar-refractivity contribution in [2.75, 3.05) is 52.7 Å². The average molecular weight is 447 g/mol. The Hall–Kier alpha value is -1.55. The van der Waals surface area contributed by atoms with Gasteiger partial charge in [-0.1, -0.05) is 71.1 Å². The lowest BCUT2D eigenvalue weighted by molar-refractivity contribution is -0.890. The minimum Gasteiger partial charge on any atom is -0.378 e. The van der Waals surface area contributed by atoms with Crippen LogP contribution in [0.2, 0.25) is 0 Å². The molecule has 0 saturated carbocycles. The van der Waals surface area contributed by atoms with Gasteiger partial charge in [-0.15, -0.1) is 0 Å². The molecule has 0 bridgehead atoms. The topological polar surface area (TPSA) is 32.3 Å². The number of anilines is 1. The van der Waals surface area contributed by atoms with Gasteiger partial charge in [-0.25, -0.2) is 0 Å². The maximum absolute atomic E-state index is 12.3. The molecule has 0 heterocycles. The largest absolute Gasteiger partial charge is 0.378 e. The Morgan fingerprint density at radius 3 is 1.72 bits per heavy atom. The number of carbonyl (C=O) groups is 1. The molecule has 0 aliphatic heterocycles. The second-order valence-electron chi connectivity index (χ2n) is 10.3. The van der Waals surface area contributed by atoms with Crippen molar-refractivity contribution in [1.82, 2.24) is 5.32 Å². The third kappa shape index (κ3) is 13.8. The van der Waals surface area contributed by atoms with Crippen LogP contribution in [0.4, 0.5) is 5.69 Å². The number of quaternary nitrogens is 1. The summed E-state index contributed by atoms with van der Waals surface area (Å²) in [4.78, 5) is 14.4. The van der Waals surface area contributed by atoms with Gasteiger partial charge in [0.1, 0.15) is 0 Å². The van der Waals surface area contributed by atoms with Gasteiger partial charge < -0.3 is 14.7 Å². The van der Waals surface area contributed by atoms with Gasteiger partial charge in [0.15, 0.2) is 0 Å². The molecule has 0 aliphatic rings. The van der Waals surface area contributed by atoms with Crippen molar-refractivity contribution >= 4 is 11.6 Å². The number of hydrogen-bond acceptors (Lipinski definition) is 2. The van der Waals surface area contributed by atoms with Crippen molar-refractivity contribution in [2.24, 2.45) is 0 Å². The van der Waals surface area contributed by atoms with E-state index in [1.807, 2.05) is 43.3 Å². The standard InChI is InChI=1S/C28H51N3O/c1-6-7-8-9-10-11-12-13-14-15-16-17-24-31(4,5)25-18-23-29-28(32)26-19-21-27(22-20-26)30(2)3/h19-22H,6-18,23-25H2,1-5H3/p+1. The number of hydrogen-bond donors (Lipinski definition) is 1. The number of unbranched alkanes of at least 4 members (excludes halogenated alkanes) is 11. The van der Waals surface area contributed by atoms with Crippen molar-refractivity contribution < 1.29 is 9.28 Å². The van der Waals surface area contributed by atoms with E-state index in [1.165, 1.54) is 83.6 Å². The molecule has 4 heteroatoms. The molecule has 184 valence electrons. The molecule has 32 heavy (non-hydrogen) atoms. The van der Waals surface area contributed by atoms with Crippen LogP contribution in [-0.2, 0) is 0 Å². The average Bonchev–Trinajstić information content (AvgIpc) is 2.77. The SMILES string of the molecule is CCCCCCCCCCCCCC[N+](C)(C)CCCNC(=O)c1ccc(N(C)C)cc1. The highest BCUT2D eigenvalue weighted by Crippen LogP contribution is 2.14. The molecule has 0 spiro atoms. The molecule has 0 unspecified atom stereocenters. The third-order valence-electron chi connectivity index (χ3n) is 6.49. The molecule has 1 N–H and O–H groups in total. The normalized spacial score (nSPS) is 11.5. The summed E-state index contributed by atoms with van der Waals surface area (Å²) in [6.45, 7) is 5.37. The number of benzene rings is 1.